The molecule has 1 saturated heterocycles. The Hall–Kier alpha value is -1.79. The first-order valence-corrected chi connectivity index (χ1v) is 8.81. The first-order valence-electron chi connectivity index (χ1n) is 7.99. The Balaban J connectivity index is 1.54. The topological polar surface area (TPSA) is 49.3 Å². The van der Waals surface area contributed by atoms with Crippen molar-refractivity contribution in [1.82, 2.24) is 15.1 Å². The summed E-state index contributed by atoms with van der Waals surface area (Å²) in [5.74, 6) is 0.255. The van der Waals surface area contributed by atoms with Gasteiger partial charge in [-0.25, -0.2) is 0 Å². The highest BCUT2D eigenvalue weighted by Crippen LogP contribution is 2.47. The van der Waals surface area contributed by atoms with Crippen LogP contribution in [-0.2, 0) is 16.8 Å². The number of hydrogen-bond donors (Lipinski definition) is 0. The molecule has 5 nitrogen and oxygen atoms in total. The number of aromatic nitrogens is 2. The second kappa shape index (κ2) is 5.39. The molecule has 0 atom stereocenters. The molecule has 2 aromatic rings. The number of carbonyl (C=O) groups is 1. The molecule has 0 radical (unpaired) electrons. The largest absolute Gasteiger partial charge is 0.314 e. The average Bonchev–Trinajstić information content (AvgIpc) is 3.06. The molecule has 3 heterocycles. The van der Waals surface area contributed by atoms with Crippen LogP contribution in [0.3, 0.4) is 0 Å². The number of fused-ring (bicyclic) bond motifs is 2. The van der Waals surface area contributed by atoms with Crippen LogP contribution >= 0.6 is 11.3 Å². The lowest BCUT2D eigenvalue weighted by molar-refractivity contribution is -0.124. The van der Waals surface area contributed by atoms with Crippen molar-refractivity contribution in [1.29, 1.82) is 0 Å². The smallest absolute Gasteiger partial charge is 0.237 e. The second-order valence-electron chi connectivity index (χ2n) is 6.45. The molecule has 1 fully saturated rings. The number of anilines is 1. The molecule has 0 aliphatic carbocycles. The third kappa shape index (κ3) is 2.28. The lowest BCUT2D eigenvalue weighted by atomic mass is 9.73. The van der Waals surface area contributed by atoms with E-state index in [2.05, 4.69) is 27.2 Å². The minimum absolute atomic E-state index is 0.255. The number of piperidine rings is 1. The van der Waals surface area contributed by atoms with E-state index >= 15 is 0 Å². The fraction of sp³-hybridized carbons (Fsp3) is 0.471. The zero-order valence-corrected chi connectivity index (χ0v) is 14.3. The molecule has 0 N–H and O–H groups in total. The van der Waals surface area contributed by atoms with Crippen LogP contribution < -0.4 is 4.90 Å². The molecule has 1 amide bonds. The van der Waals surface area contributed by atoms with Crippen molar-refractivity contribution >= 4 is 22.9 Å². The quantitative estimate of drug-likeness (QED) is 0.849. The van der Waals surface area contributed by atoms with Crippen LogP contribution in [0.1, 0.15) is 28.4 Å². The number of likely N-dealkylation sites (N-methyl/N-ethyl adjacent to an activating group) is 1. The summed E-state index contributed by atoms with van der Waals surface area (Å²) in [4.78, 5) is 17.1. The van der Waals surface area contributed by atoms with Gasteiger partial charge in [-0.15, -0.1) is 21.5 Å². The fourth-order valence-electron chi connectivity index (χ4n) is 3.89. The van der Waals surface area contributed by atoms with E-state index in [4.69, 9.17) is 0 Å². The summed E-state index contributed by atoms with van der Waals surface area (Å²) in [5.41, 5.74) is 1.96. The van der Waals surface area contributed by atoms with E-state index in [1.54, 1.807) is 11.3 Å². The van der Waals surface area contributed by atoms with Crippen LogP contribution in [0.15, 0.2) is 24.3 Å². The van der Waals surface area contributed by atoms with Crippen LogP contribution in [0.5, 0.6) is 0 Å². The zero-order chi connectivity index (χ0) is 16.0. The molecule has 1 aromatic heterocycles. The van der Waals surface area contributed by atoms with Gasteiger partial charge in [0.25, 0.3) is 0 Å². The number of para-hydroxylation sites is 1. The molecule has 2 aliphatic heterocycles. The van der Waals surface area contributed by atoms with Gasteiger partial charge in [-0.05, 0) is 44.5 Å². The maximum Gasteiger partial charge on any atom is 0.237 e. The van der Waals surface area contributed by atoms with Gasteiger partial charge < -0.3 is 4.90 Å². The second-order valence-corrected chi connectivity index (χ2v) is 7.72. The number of amides is 1. The number of benzene rings is 1. The lowest BCUT2D eigenvalue weighted by Crippen LogP contribution is -2.47. The van der Waals surface area contributed by atoms with Gasteiger partial charge in [-0.3, -0.25) is 9.69 Å². The summed E-state index contributed by atoms with van der Waals surface area (Å²) >= 11 is 1.66. The Bertz CT molecular complexity index is 749. The summed E-state index contributed by atoms with van der Waals surface area (Å²) in [6.07, 6.45) is 1.76. The van der Waals surface area contributed by atoms with Crippen LogP contribution in [0, 0.1) is 6.92 Å². The third-order valence-corrected chi connectivity index (χ3v) is 5.95. The Labute approximate surface area is 139 Å². The fourth-order valence-corrected chi connectivity index (χ4v) is 4.64. The molecule has 6 heteroatoms. The summed E-state index contributed by atoms with van der Waals surface area (Å²) in [6.45, 7) is 4.67. The van der Waals surface area contributed by atoms with Gasteiger partial charge >= 0.3 is 0 Å². The number of aryl methyl sites for hydroxylation is 1. The van der Waals surface area contributed by atoms with Gasteiger partial charge in [0.2, 0.25) is 5.91 Å². The summed E-state index contributed by atoms with van der Waals surface area (Å²) in [7, 11) is 1.90. The van der Waals surface area contributed by atoms with E-state index < -0.39 is 0 Å². The van der Waals surface area contributed by atoms with Gasteiger partial charge in [0, 0.05) is 12.7 Å². The monoisotopic (exact) mass is 328 g/mol. The van der Waals surface area contributed by atoms with Crippen molar-refractivity contribution in [3.8, 4) is 0 Å². The first-order chi connectivity index (χ1) is 11.1. The molecular formula is C17H20N4OS. The van der Waals surface area contributed by atoms with Gasteiger partial charge in [0.05, 0.1) is 12.0 Å². The first kappa shape index (κ1) is 14.8. The normalized spacial score (nSPS) is 20.3. The Morgan fingerprint density at radius 1 is 1.22 bits per heavy atom. The number of hydrogen-bond acceptors (Lipinski definition) is 5. The molecule has 1 spiro atoms. The number of nitrogens with zero attached hydrogens (tertiary/aromatic N) is 4. The van der Waals surface area contributed by atoms with Crippen molar-refractivity contribution in [2.75, 3.05) is 25.0 Å². The SMILES string of the molecule is Cc1nnc(CN2CCC3(CC2)C(=O)N(C)c2ccccc23)s1. The molecule has 0 bridgehead atoms. The van der Waals surface area contributed by atoms with Crippen molar-refractivity contribution < 1.29 is 4.79 Å². The van der Waals surface area contributed by atoms with E-state index in [0.29, 0.717) is 0 Å². The molecule has 0 unspecified atom stereocenters. The highest BCUT2D eigenvalue weighted by molar-refractivity contribution is 7.11. The van der Waals surface area contributed by atoms with Gasteiger partial charge in [0.1, 0.15) is 10.0 Å². The lowest BCUT2D eigenvalue weighted by Gasteiger charge is -2.38. The van der Waals surface area contributed by atoms with Crippen molar-refractivity contribution in [2.45, 2.75) is 31.7 Å². The maximum absolute atomic E-state index is 12.9. The predicted octanol–water partition coefficient (Wildman–Crippen LogP) is 2.36. The highest BCUT2D eigenvalue weighted by Gasteiger charge is 2.50. The van der Waals surface area contributed by atoms with Gasteiger partial charge in [-0.1, -0.05) is 18.2 Å². The van der Waals surface area contributed by atoms with Crippen molar-refractivity contribution in [3.05, 3.63) is 39.8 Å². The van der Waals surface area contributed by atoms with E-state index in [0.717, 1.165) is 48.2 Å². The Morgan fingerprint density at radius 3 is 2.65 bits per heavy atom. The predicted molar refractivity (Wildman–Crippen MR) is 90.7 cm³/mol. The summed E-state index contributed by atoms with van der Waals surface area (Å²) in [5, 5.41) is 10.4. The number of rotatable bonds is 2. The van der Waals surface area contributed by atoms with Crippen molar-refractivity contribution in [2.24, 2.45) is 0 Å². The summed E-state index contributed by atoms with van der Waals surface area (Å²) < 4.78 is 0. The van der Waals surface area contributed by atoms with Crippen LogP contribution in [0.2, 0.25) is 0 Å². The summed E-state index contributed by atoms with van der Waals surface area (Å²) in [6, 6.07) is 8.23. The Kier molecular flexibility index (Phi) is 3.46. The minimum Gasteiger partial charge on any atom is -0.314 e. The van der Waals surface area contributed by atoms with Crippen LogP contribution in [-0.4, -0.2) is 41.1 Å². The third-order valence-electron chi connectivity index (χ3n) is 5.13. The highest BCUT2D eigenvalue weighted by atomic mass is 32.1. The molecule has 0 saturated carbocycles. The van der Waals surface area contributed by atoms with E-state index in [-0.39, 0.29) is 11.3 Å². The molecule has 2 aliphatic rings. The molecule has 1 aromatic carbocycles. The zero-order valence-electron chi connectivity index (χ0n) is 13.5. The van der Waals surface area contributed by atoms with E-state index in [1.807, 2.05) is 31.0 Å². The van der Waals surface area contributed by atoms with Crippen molar-refractivity contribution in [3.63, 3.8) is 0 Å². The standard InChI is InChI=1S/C17H20N4OS/c1-12-18-19-15(23-12)11-21-9-7-17(8-10-21)13-5-3-4-6-14(13)20(2)16(17)22/h3-6H,7-11H2,1-2H3. The number of carbonyl (C=O) groups excluding carboxylic acids is 1. The molecular weight excluding hydrogens is 308 g/mol. The van der Waals surface area contributed by atoms with Crippen LogP contribution in [0.25, 0.3) is 0 Å². The molecule has 23 heavy (non-hydrogen) atoms. The van der Waals surface area contributed by atoms with Crippen LogP contribution in [0.4, 0.5) is 5.69 Å². The number of likely N-dealkylation sites (tertiary alicyclic amines) is 1. The Morgan fingerprint density at radius 2 is 1.96 bits per heavy atom. The van der Waals surface area contributed by atoms with Gasteiger partial charge in [-0.2, -0.15) is 0 Å². The van der Waals surface area contributed by atoms with E-state index in [1.165, 1.54) is 5.56 Å². The molecule has 4 rings (SSSR count). The maximum atomic E-state index is 12.9. The minimum atomic E-state index is -0.321. The van der Waals surface area contributed by atoms with E-state index in [9.17, 15) is 4.79 Å². The average molecular weight is 328 g/mol. The van der Waals surface area contributed by atoms with Gasteiger partial charge in [0.15, 0.2) is 0 Å². The molecule has 120 valence electrons.